The number of hydrogen-bond donors (Lipinski definition) is 11. The minimum atomic E-state index is -1.82. The molecule has 0 spiro atoms. The third-order valence-electron chi connectivity index (χ3n) is 9.41. The van der Waals surface area contributed by atoms with Crippen molar-refractivity contribution in [3.8, 4) is 0 Å². The minimum absolute atomic E-state index is 0.109. The molecule has 20 atom stereocenters. The first-order valence-electron chi connectivity index (χ1n) is 17.4. The summed E-state index contributed by atoms with van der Waals surface area (Å²) in [6.45, 7) is 2.22. The Kier molecular flexibility index (Phi) is 17.2. The molecular weight excluding hydrogens is 708 g/mol. The van der Waals surface area contributed by atoms with Crippen LogP contribution in [0.15, 0.2) is 0 Å². The van der Waals surface area contributed by atoms with E-state index < -0.39 is 143 Å². The van der Waals surface area contributed by atoms with Crippen LogP contribution in [0.3, 0.4) is 0 Å². The number of aliphatic hydroxyl groups excluding tert-OH is 11. The van der Waals surface area contributed by atoms with Gasteiger partial charge in [0.2, 0.25) is 0 Å². The van der Waals surface area contributed by atoms with Crippen molar-refractivity contribution in [1.82, 2.24) is 0 Å². The van der Waals surface area contributed by atoms with Crippen molar-refractivity contribution in [2.75, 3.05) is 46.8 Å². The van der Waals surface area contributed by atoms with E-state index in [0.29, 0.717) is 6.42 Å². The first-order valence-corrected chi connectivity index (χ1v) is 17.4. The molecule has 0 bridgehead atoms. The summed E-state index contributed by atoms with van der Waals surface area (Å²) < 4.78 is 55.7. The molecule has 21 nitrogen and oxygen atoms in total. The molecule has 4 aliphatic heterocycles. The Morgan fingerprint density at radius 2 is 0.846 bits per heavy atom. The Hall–Kier alpha value is -0.840. The summed E-state index contributed by atoms with van der Waals surface area (Å²) in [6, 6.07) is 0. The number of unbranched alkanes of at least 4 members (excludes halogenated alkanes) is 1. The van der Waals surface area contributed by atoms with E-state index >= 15 is 0 Å². The van der Waals surface area contributed by atoms with Gasteiger partial charge in [0.25, 0.3) is 0 Å². The fourth-order valence-electron chi connectivity index (χ4n) is 6.32. The Bertz CT molecular complexity index is 1030. The zero-order chi connectivity index (χ0) is 38.3. The molecule has 4 rings (SSSR count). The normalized spacial score (nSPS) is 47.4. The van der Waals surface area contributed by atoms with Gasteiger partial charge in [0.05, 0.1) is 26.4 Å². The van der Waals surface area contributed by atoms with Crippen LogP contribution in [0.5, 0.6) is 0 Å². The number of methoxy groups -OCH3 is 1. The van der Waals surface area contributed by atoms with Crippen molar-refractivity contribution in [1.29, 1.82) is 0 Å². The van der Waals surface area contributed by atoms with Gasteiger partial charge in [0.1, 0.15) is 97.7 Å². The first-order chi connectivity index (χ1) is 24.7. The molecule has 4 aliphatic rings. The highest BCUT2D eigenvalue weighted by Crippen LogP contribution is 2.30. The van der Waals surface area contributed by atoms with Crippen LogP contribution >= 0.6 is 0 Å². The molecule has 0 aromatic carbocycles. The molecule has 0 radical (unpaired) electrons. The van der Waals surface area contributed by atoms with Crippen LogP contribution in [0.1, 0.15) is 26.7 Å². The molecule has 4 saturated heterocycles. The van der Waals surface area contributed by atoms with Crippen LogP contribution in [0.4, 0.5) is 0 Å². The summed E-state index contributed by atoms with van der Waals surface area (Å²) in [7, 11) is 1.35. The number of hydrogen-bond acceptors (Lipinski definition) is 21. The molecule has 21 heteroatoms. The lowest BCUT2D eigenvalue weighted by Gasteiger charge is -2.45. The maximum Gasteiger partial charge on any atom is 0.186 e. The van der Waals surface area contributed by atoms with Crippen molar-refractivity contribution in [2.45, 2.75) is 150 Å². The Labute approximate surface area is 300 Å². The second-order valence-corrected chi connectivity index (χ2v) is 13.2. The summed E-state index contributed by atoms with van der Waals surface area (Å²) in [5.41, 5.74) is 0. The lowest BCUT2D eigenvalue weighted by molar-refractivity contribution is -0.349. The molecule has 306 valence electrons. The lowest BCUT2D eigenvalue weighted by Crippen LogP contribution is -2.63. The van der Waals surface area contributed by atoms with Crippen LogP contribution in [-0.2, 0) is 47.4 Å². The quantitative estimate of drug-likeness (QED) is 0.0614. The standard InChI is InChI=1S/C31H56O21/c1-4-6-7-45-27-15(11-48-29-23(39)18(34)16(32)12(50-29)8-43-3)52-31(25(41)21(27)37)46-9-13-17(33)19(35)24(40)30(51-13)47-10-14-26(44-5-2)20(36)22(38)28(42)49-14/h12-42H,4-11H2,1-3H3/t12-,13-,14-,15-,16-,17-,18+,19+,20-,21-,22-,23-,24-,25-,26-,27-,28+,29+,30+,31+/m1/s1. The molecule has 11 N–H and O–H groups in total. The average molecular weight is 765 g/mol. The van der Waals surface area contributed by atoms with E-state index in [4.69, 9.17) is 47.4 Å². The van der Waals surface area contributed by atoms with Crippen LogP contribution in [0.2, 0.25) is 0 Å². The Balaban J connectivity index is 1.40. The summed E-state index contributed by atoms with van der Waals surface area (Å²) in [6.07, 6.45) is -28.8. The SMILES string of the molecule is CCCCO[C@H]1[C@H](O)[C@@H](O)[C@@H](OC[C@H]2O[C@H](OC[C@H]3O[C@H](O)[C@H](O)[C@@H](O)[C@@H]3OCC)[C@H](O)[C@@H](O)[C@@H]2O)O[C@@H]1CO[C@H]1O[C@H](COC)[C@@H](O)[C@H](O)[C@H]1O. The Morgan fingerprint density at radius 3 is 1.35 bits per heavy atom. The molecule has 4 heterocycles. The molecule has 0 saturated carbocycles. The maximum atomic E-state index is 11.1. The van der Waals surface area contributed by atoms with Crippen LogP contribution in [-0.4, -0.2) is 226 Å². The molecule has 0 aliphatic carbocycles. The monoisotopic (exact) mass is 764 g/mol. The van der Waals surface area contributed by atoms with Gasteiger partial charge in [-0.1, -0.05) is 13.3 Å². The van der Waals surface area contributed by atoms with Crippen molar-refractivity contribution in [3.63, 3.8) is 0 Å². The predicted octanol–water partition coefficient (Wildman–Crippen LogP) is -6.23. The van der Waals surface area contributed by atoms with E-state index in [0.717, 1.165) is 6.42 Å². The van der Waals surface area contributed by atoms with E-state index in [9.17, 15) is 56.2 Å². The second-order valence-electron chi connectivity index (χ2n) is 13.2. The van der Waals surface area contributed by atoms with Crippen molar-refractivity contribution in [2.24, 2.45) is 0 Å². The van der Waals surface area contributed by atoms with Gasteiger partial charge in [0.15, 0.2) is 25.2 Å². The van der Waals surface area contributed by atoms with Crippen molar-refractivity contribution >= 4 is 0 Å². The van der Waals surface area contributed by atoms with E-state index in [-0.39, 0.29) is 19.8 Å². The molecule has 52 heavy (non-hydrogen) atoms. The number of aliphatic hydroxyl groups is 11. The maximum absolute atomic E-state index is 11.1. The molecule has 0 aromatic heterocycles. The van der Waals surface area contributed by atoms with Gasteiger partial charge >= 0.3 is 0 Å². The predicted molar refractivity (Wildman–Crippen MR) is 167 cm³/mol. The largest absolute Gasteiger partial charge is 0.387 e. The van der Waals surface area contributed by atoms with Crippen LogP contribution < -0.4 is 0 Å². The van der Waals surface area contributed by atoms with Gasteiger partial charge in [-0.15, -0.1) is 0 Å². The Morgan fingerprint density at radius 1 is 0.423 bits per heavy atom. The topological polar surface area (TPSA) is 315 Å². The van der Waals surface area contributed by atoms with Crippen LogP contribution in [0.25, 0.3) is 0 Å². The fourth-order valence-corrected chi connectivity index (χ4v) is 6.32. The fraction of sp³-hybridized carbons (Fsp3) is 1.00. The van der Waals surface area contributed by atoms with E-state index in [1.54, 1.807) is 6.92 Å². The zero-order valence-corrected chi connectivity index (χ0v) is 29.2. The van der Waals surface area contributed by atoms with Crippen LogP contribution in [0, 0.1) is 0 Å². The third-order valence-corrected chi connectivity index (χ3v) is 9.41. The smallest absolute Gasteiger partial charge is 0.186 e. The molecule has 0 unspecified atom stereocenters. The van der Waals surface area contributed by atoms with E-state index in [2.05, 4.69) is 0 Å². The average Bonchev–Trinajstić information content (AvgIpc) is 3.12. The second kappa shape index (κ2) is 20.4. The lowest BCUT2D eigenvalue weighted by atomic mass is 9.97. The summed E-state index contributed by atoms with van der Waals surface area (Å²) in [5, 5.41) is 115. The number of ether oxygens (including phenoxy) is 10. The van der Waals surface area contributed by atoms with Gasteiger partial charge < -0.3 is 104 Å². The third kappa shape index (κ3) is 10.3. The van der Waals surface area contributed by atoms with Gasteiger partial charge in [-0.2, -0.15) is 0 Å². The highest BCUT2D eigenvalue weighted by molar-refractivity contribution is 4.95. The molecule has 4 fully saturated rings. The minimum Gasteiger partial charge on any atom is -0.387 e. The zero-order valence-electron chi connectivity index (χ0n) is 29.2. The first kappa shape index (κ1) is 43.9. The number of rotatable bonds is 17. The van der Waals surface area contributed by atoms with Gasteiger partial charge in [-0.05, 0) is 13.3 Å². The highest BCUT2D eigenvalue weighted by Gasteiger charge is 2.51. The van der Waals surface area contributed by atoms with Crippen molar-refractivity contribution in [3.05, 3.63) is 0 Å². The molecule has 0 aromatic rings. The van der Waals surface area contributed by atoms with E-state index in [1.807, 2.05) is 6.92 Å². The van der Waals surface area contributed by atoms with Crippen molar-refractivity contribution < 1.29 is 104 Å². The summed E-state index contributed by atoms with van der Waals surface area (Å²) >= 11 is 0. The molecular formula is C31H56O21. The summed E-state index contributed by atoms with van der Waals surface area (Å²) in [4.78, 5) is 0. The molecule has 0 amide bonds. The van der Waals surface area contributed by atoms with Gasteiger partial charge in [-0.25, -0.2) is 0 Å². The van der Waals surface area contributed by atoms with Gasteiger partial charge in [-0.3, -0.25) is 0 Å². The van der Waals surface area contributed by atoms with E-state index in [1.165, 1.54) is 7.11 Å². The van der Waals surface area contributed by atoms with Gasteiger partial charge in [0, 0.05) is 20.3 Å². The highest BCUT2D eigenvalue weighted by atomic mass is 16.8. The summed E-state index contributed by atoms with van der Waals surface area (Å²) in [5.74, 6) is 0.